The lowest BCUT2D eigenvalue weighted by Gasteiger charge is -2.20. The van der Waals surface area contributed by atoms with Crippen LogP contribution in [0.3, 0.4) is 0 Å². The second-order valence-corrected chi connectivity index (χ2v) is 6.21. The number of halogens is 3. The van der Waals surface area contributed by atoms with Gasteiger partial charge >= 0.3 is 6.43 Å². The summed E-state index contributed by atoms with van der Waals surface area (Å²) >= 11 is 3.37. The molecule has 3 rings (SSSR count). The summed E-state index contributed by atoms with van der Waals surface area (Å²) in [6, 6.07) is 8.82. The minimum atomic E-state index is -2.76. The van der Waals surface area contributed by atoms with Crippen LogP contribution in [-0.2, 0) is 11.3 Å². The predicted molar refractivity (Wildman–Crippen MR) is 93.6 cm³/mol. The van der Waals surface area contributed by atoms with Crippen LogP contribution in [0.25, 0.3) is 0 Å². The topological polar surface area (TPSA) is 102 Å². The van der Waals surface area contributed by atoms with Crippen LogP contribution in [0.1, 0.15) is 17.5 Å². The number of aromatic nitrogens is 1. The zero-order chi connectivity index (χ0) is 18.0. The Morgan fingerprint density at radius 2 is 2.12 bits per heavy atom. The molecule has 0 spiro atoms. The van der Waals surface area contributed by atoms with Gasteiger partial charge in [0.2, 0.25) is 6.23 Å². The maximum Gasteiger partial charge on any atom is 0.314 e. The molecule has 5 N–H and O–H groups in total. The molecule has 7 nitrogen and oxygen atoms in total. The lowest BCUT2D eigenvalue weighted by Crippen LogP contribution is -2.31. The molecule has 1 aromatic carbocycles. The van der Waals surface area contributed by atoms with Crippen molar-refractivity contribution in [1.29, 1.82) is 0 Å². The number of benzene rings is 1. The number of hydrazone groups is 1. The van der Waals surface area contributed by atoms with Gasteiger partial charge in [0.05, 0.1) is 23.6 Å². The first kappa shape index (κ1) is 17.4. The third-order valence-corrected chi connectivity index (χ3v) is 4.00. The Balaban J connectivity index is 1.66. The molecule has 10 heteroatoms. The lowest BCUT2D eigenvalue weighted by molar-refractivity contribution is 0.134. The molecule has 25 heavy (non-hydrogen) atoms. The maximum atomic E-state index is 12.5. The molecule has 0 aliphatic carbocycles. The van der Waals surface area contributed by atoms with Crippen molar-refractivity contribution >= 4 is 33.2 Å². The third kappa shape index (κ3) is 3.97. The van der Waals surface area contributed by atoms with E-state index in [9.17, 15) is 8.78 Å². The van der Waals surface area contributed by atoms with Gasteiger partial charge in [0, 0.05) is 16.2 Å². The van der Waals surface area contributed by atoms with Gasteiger partial charge in [-0.3, -0.25) is 10.4 Å². The monoisotopic (exact) mass is 412 g/mol. The van der Waals surface area contributed by atoms with Gasteiger partial charge in [0.15, 0.2) is 0 Å². The van der Waals surface area contributed by atoms with Crippen LogP contribution < -0.4 is 22.0 Å². The number of ether oxygens (including phenoxy) is 1. The molecule has 1 aliphatic rings. The normalized spacial score (nSPS) is 16.4. The Morgan fingerprint density at radius 1 is 1.32 bits per heavy atom. The molecule has 0 saturated heterocycles. The quantitative estimate of drug-likeness (QED) is 0.396. The molecule has 0 radical (unpaired) electrons. The number of rotatable bonds is 5. The molecule has 0 bridgehead atoms. The van der Waals surface area contributed by atoms with Gasteiger partial charge in [0.1, 0.15) is 0 Å². The zero-order valence-corrected chi connectivity index (χ0v) is 14.5. The Bertz CT molecular complexity index is 786. The third-order valence-electron chi connectivity index (χ3n) is 3.50. The van der Waals surface area contributed by atoms with E-state index in [0.717, 1.165) is 4.47 Å². The molecule has 0 fully saturated rings. The first-order valence-corrected chi connectivity index (χ1v) is 8.03. The first-order chi connectivity index (χ1) is 11.9. The van der Waals surface area contributed by atoms with Gasteiger partial charge in [0.25, 0.3) is 5.90 Å². The number of anilines is 2. The fraction of sp³-hybridized carbons (Fsp3) is 0.200. The molecule has 2 aromatic rings. The number of nitrogen functional groups attached to an aromatic ring is 1. The molecule has 1 atom stereocenters. The molecule has 0 amide bonds. The van der Waals surface area contributed by atoms with Crippen LogP contribution in [0.2, 0.25) is 0 Å². The summed E-state index contributed by atoms with van der Waals surface area (Å²) in [7, 11) is 0. The van der Waals surface area contributed by atoms with Crippen LogP contribution in [0.15, 0.2) is 46.1 Å². The number of nitrogens with one attached hydrogen (secondary N) is 1. The van der Waals surface area contributed by atoms with E-state index in [1.54, 1.807) is 18.2 Å². The molecular weight excluding hydrogens is 398 g/mol. The predicted octanol–water partition coefficient (Wildman–Crippen LogP) is 2.50. The number of nitrogens with two attached hydrogens (primary N) is 2. The van der Waals surface area contributed by atoms with Crippen molar-refractivity contribution < 1.29 is 13.5 Å². The standard InChI is InChI=1S/C15H15BrF2N6O/c16-9-2-4-11(19)12(5-9)24(20)7-10-3-1-8(6-21-10)14-22-23-15(25-14)13(17)18/h1-6,13-14,22H,7,19-20H2. The first-order valence-electron chi connectivity index (χ1n) is 7.24. The number of hydrogen-bond donors (Lipinski definition) is 3. The van der Waals surface area contributed by atoms with E-state index in [4.69, 9.17) is 16.3 Å². The molecule has 2 heterocycles. The highest BCUT2D eigenvalue weighted by Crippen LogP contribution is 2.26. The second-order valence-electron chi connectivity index (χ2n) is 5.29. The second kappa shape index (κ2) is 7.19. The Hall–Kier alpha value is -2.46. The highest BCUT2D eigenvalue weighted by molar-refractivity contribution is 9.10. The molecule has 1 unspecified atom stereocenters. The summed E-state index contributed by atoms with van der Waals surface area (Å²) in [5.74, 6) is 5.43. The van der Waals surface area contributed by atoms with Gasteiger partial charge < -0.3 is 15.5 Å². The average Bonchev–Trinajstić information content (AvgIpc) is 3.08. The average molecular weight is 413 g/mol. The Labute approximate surface area is 150 Å². The minimum Gasteiger partial charge on any atom is -0.446 e. The largest absolute Gasteiger partial charge is 0.446 e. The summed E-state index contributed by atoms with van der Waals surface area (Å²) in [5, 5.41) is 4.92. The Kier molecular flexibility index (Phi) is 5.00. The highest BCUT2D eigenvalue weighted by atomic mass is 79.9. The van der Waals surface area contributed by atoms with Crippen LogP contribution in [-0.4, -0.2) is 17.3 Å². The smallest absolute Gasteiger partial charge is 0.314 e. The van der Waals surface area contributed by atoms with Gasteiger partial charge in [-0.1, -0.05) is 15.9 Å². The van der Waals surface area contributed by atoms with E-state index in [1.807, 2.05) is 12.1 Å². The van der Waals surface area contributed by atoms with Crippen LogP contribution in [0.5, 0.6) is 0 Å². The van der Waals surface area contributed by atoms with Crippen LogP contribution in [0.4, 0.5) is 20.2 Å². The molecule has 1 aromatic heterocycles. The summed E-state index contributed by atoms with van der Waals surface area (Å²) in [4.78, 5) is 4.28. The number of pyridine rings is 1. The Morgan fingerprint density at radius 3 is 2.76 bits per heavy atom. The van der Waals surface area contributed by atoms with Crippen molar-refractivity contribution in [2.75, 3.05) is 10.7 Å². The van der Waals surface area contributed by atoms with E-state index in [2.05, 4.69) is 31.4 Å². The van der Waals surface area contributed by atoms with E-state index in [-0.39, 0.29) is 0 Å². The van der Waals surface area contributed by atoms with Crippen molar-refractivity contribution in [2.24, 2.45) is 10.9 Å². The van der Waals surface area contributed by atoms with Gasteiger partial charge in [-0.25, -0.2) is 5.84 Å². The molecule has 0 saturated carbocycles. The van der Waals surface area contributed by atoms with Gasteiger partial charge in [-0.05, 0) is 30.3 Å². The van der Waals surface area contributed by atoms with E-state index >= 15 is 0 Å². The lowest BCUT2D eigenvalue weighted by atomic mass is 10.2. The van der Waals surface area contributed by atoms with Crippen molar-refractivity contribution in [3.05, 3.63) is 52.3 Å². The van der Waals surface area contributed by atoms with Crippen molar-refractivity contribution in [1.82, 2.24) is 10.4 Å². The van der Waals surface area contributed by atoms with Crippen LogP contribution in [0, 0.1) is 0 Å². The molecule has 132 valence electrons. The number of alkyl halides is 2. The minimum absolute atomic E-state index is 0.318. The summed E-state index contributed by atoms with van der Waals surface area (Å²) in [6.45, 7) is 0.318. The van der Waals surface area contributed by atoms with E-state index in [1.165, 1.54) is 11.2 Å². The maximum absolute atomic E-state index is 12.5. The number of hydrazine groups is 1. The van der Waals surface area contributed by atoms with E-state index in [0.29, 0.717) is 29.2 Å². The summed E-state index contributed by atoms with van der Waals surface area (Å²) < 4.78 is 30.9. The van der Waals surface area contributed by atoms with Crippen molar-refractivity contribution in [3.63, 3.8) is 0 Å². The van der Waals surface area contributed by atoms with Crippen LogP contribution >= 0.6 is 15.9 Å². The van der Waals surface area contributed by atoms with E-state index < -0.39 is 18.6 Å². The summed E-state index contributed by atoms with van der Waals surface area (Å²) in [6.07, 6.45) is -2.01. The van der Waals surface area contributed by atoms with Crippen molar-refractivity contribution in [2.45, 2.75) is 19.2 Å². The highest BCUT2D eigenvalue weighted by Gasteiger charge is 2.27. The fourth-order valence-electron chi connectivity index (χ4n) is 2.25. The van der Waals surface area contributed by atoms with Crippen molar-refractivity contribution in [3.8, 4) is 0 Å². The zero-order valence-electron chi connectivity index (χ0n) is 12.9. The SMILES string of the molecule is Nc1ccc(Br)cc1N(N)Cc1ccc(C2NN=C(C(F)F)O2)cn1. The summed E-state index contributed by atoms with van der Waals surface area (Å²) in [5.41, 5.74) is 10.9. The van der Waals surface area contributed by atoms with Gasteiger partial charge in [-0.2, -0.15) is 8.78 Å². The fourth-order valence-corrected chi connectivity index (χ4v) is 2.60. The van der Waals surface area contributed by atoms with Gasteiger partial charge in [-0.15, -0.1) is 5.10 Å². The number of hydrogen-bond acceptors (Lipinski definition) is 7. The molecule has 1 aliphatic heterocycles. The number of nitrogens with zero attached hydrogens (tertiary/aromatic N) is 3. The molecular formula is C15H15BrF2N6O.